The van der Waals surface area contributed by atoms with Gasteiger partial charge < -0.3 is 42.5 Å². The highest BCUT2D eigenvalue weighted by Crippen LogP contribution is 2.21. The molecule has 0 fully saturated rings. The van der Waals surface area contributed by atoms with Gasteiger partial charge in [0.05, 0.1) is 6.04 Å². The van der Waals surface area contributed by atoms with Gasteiger partial charge in [-0.3, -0.25) is 14.4 Å². The van der Waals surface area contributed by atoms with Gasteiger partial charge in [0.2, 0.25) is 17.7 Å². The number of nitrogens with two attached hydrogens (primary N) is 2. The largest absolute Gasteiger partial charge is 0.480 e. The highest BCUT2D eigenvalue weighted by Gasteiger charge is 2.31. The SMILES string of the molecule is CSCCC(NC(=O)C(N)CCCCN)C(=O)NC(Cc1c[nH]c2ccccc12)C(=O)NC(Cc1c[nH]c2ccccc12)C(=O)O. The number of hydrogen-bond donors (Lipinski definition) is 8. The van der Waals surface area contributed by atoms with Crippen molar-refractivity contribution in [3.8, 4) is 0 Å². The summed E-state index contributed by atoms with van der Waals surface area (Å²) in [5.74, 6) is -2.30. The van der Waals surface area contributed by atoms with Crippen molar-refractivity contribution < 1.29 is 24.3 Å². The Morgan fingerprint density at radius 3 is 1.85 bits per heavy atom. The highest BCUT2D eigenvalue weighted by atomic mass is 32.2. The van der Waals surface area contributed by atoms with Crippen LogP contribution in [0.5, 0.6) is 0 Å². The monoisotopic (exact) mass is 649 g/mol. The molecule has 0 saturated carbocycles. The third-order valence-corrected chi connectivity index (χ3v) is 8.64. The zero-order valence-corrected chi connectivity index (χ0v) is 26.7. The summed E-state index contributed by atoms with van der Waals surface area (Å²) in [5.41, 5.74) is 14.9. The zero-order valence-electron chi connectivity index (χ0n) is 25.9. The van der Waals surface area contributed by atoms with Crippen molar-refractivity contribution in [2.24, 2.45) is 11.5 Å². The average Bonchev–Trinajstić information content (AvgIpc) is 3.66. The van der Waals surface area contributed by atoms with Gasteiger partial charge in [-0.1, -0.05) is 42.8 Å². The Morgan fingerprint density at radius 2 is 1.28 bits per heavy atom. The standard InChI is InChI=1S/C33H43N7O5S/c1-46-15-13-27(38-30(41)24(35)10-6-7-14-34)31(42)39-28(16-20-18-36-25-11-4-2-8-22(20)25)32(43)40-29(33(44)45)17-21-19-37-26-12-5-3-9-23(21)26/h2-5,8-9,11-12,18-19,24,27-29,36-37H,6-7,10,13-17,34-35H2,1H3,(H,38,41)(H,39,42)(H,40,43)(H,44,45). The molecule has 3 amide bonds. The van der Waals surface area contributed by atoms with Crippen LogP contribution in [0.25, 0.3) is 21.8 Å². The molecule has 4 rings (SSSR count). The molecular formula is C33H43N7O5S. The maximum Gasteiger partial charge on any atom is 0.326 e. The van der Waals surface area contributed by atoms with Gasteiger partial charge in [0.15, 0.2) is 0 Å². The molecule has 0 aliphatic carbocycles. The molecule has 10 N–H and O–H groups in total. The van der Waals surface area contributed by atoms with E-state index in [0.717, 1.165) is 39.4 Å². The Hall–Kier alpha value is -4.33. The van der Waals surface area contributed by atoms with Crippen molar-refractivity contribution in [3.05, 3.63) is 72.1 Å². The fourth-order valence-electron chi connectivity index (χ4n) is 5.42. The fourth-order valence-corrected chi connectivity index (χ4v) is 5.89. The number of aromatic nitrogens is 2. The third kappa shape index (κ3) is 9.12. The molecule has 0 saturated heterocycles. The topological polar surface area (TPSA) is 208 Å². The van der Waals surface area contributed by atoms with Crippen molar-refractivity contribution in [2.45, 2.75) is 62.7 Å². The number of thioether (sulfide) groups is 1. The Balaban J connectivity index is 1.55. The van der Waals surface area contributed by atoms with E-state index in [9.17, 15) is 24.3 Å². The van der Waals surface area contributed by atoms with Crippen LogP contribution in [0.2, 0.25) is 0 Å². The minimum Gasteiger partial charge on any atom is -0.480 e. The second kappa shape index (κ2) is 16.8. The summed E-state index contributed by atoms with van der Waals surface area (Å²) >= 11 is 1.52. The highest BCUT2D eigenvalue weighted by molar-refractivity contribution is 7.98. The molecule has 2 aromatic carbocycles. The number of carboxylic acids is 1. The van der Waals surface area contributed by atoms with Gasteiger partial charge in [0, 0.05) is 47.0 Å². The lowest BCUT2D eigenvalue weighted by Gasteiger charge is -2.25. The molecule has 4 aromatic rings. The molecule has 0 spiro atoms. The Morgan fingerprint density at radius 1 is 0.761 bits per heavy atom. The Kier molecular flexibility index (Phi) is 12.6. The maximum absolute atomic E-state index is 13.8. The summed E-state index contributed by atoms with van der Waals surface area (Å²) in [5, 5.41) is 20.0. The van der Waals surface area contributed by atoms with Crippen molar-refractivity contribution in [2.75, 3.05) is 18.6 Å². The number of carbonyl (C=O) groups excluding carboxylic acids is 3. The average molecular weight is 650 g/mol. The number of nitrogens with one attached hydrogen (secondary N) is 5. The van der Waals surface area contributed by atoms with E-state index in [0.29, 0.717) is 31.6 Å². The second-order valence-corrected chi connectivity index (χ2v) is 12.3. The number of aliphatic carboxylic acids is 1. The van der Waals surface area contributed by atoms with Gasteiger partial charge in [-0.25, -0.2) is 4.79 Å². The number of unbranched alkanes of at least 4 members (excludes halogenated alkanes) is 1. The van der Waals surface area contributed by atoms with Crippen LogP contribution < -0.4 is 27.4 Å². The summed E-state index contributed by atoms with van der Waals surface area (Å²) in [7, 11) is 0. The molecule has 246 valence electrons. The maximum atomic E-state index is 13.8. The number of rotatable bonds is 18. The van der Waals surface area contributed by atoms with Gasteiger partial charge in [0.25, 0.3) is 0 Å². The molecule has 12 nitrogen and oxygen atoms in total. The van der Waals surface area contributed by atoms with E-state index in [1.54, 1.807) is 12.4 Å². The summed E-state index contributed by atoms with van der Waals surface area (Å²) < 4.78 is 0. The number of carboxylic acid groups (broad SMARTS) is 1. The third-order valence-electron chi connectivity index (χ3n) is 8.00. The molecule has 46 heavy (non-hydrogen) atoms. The number of para-hydroxylation sites is 2. The zero-order chi connectivity index (χ0) is 33.1. The van der Waals surface area contributed by atoms with Gasteiger partial charge in [-0.05, 0) is 61.1 Å². The first-order valence-corrected chi connectivity index (χ1v) is 16.8. The number of carbonyl (C=O) groups is 4. The van der Waals surface area contributed by atoms with E-state index in [4.69, 9.17) is 11.5 Å². The molecule has 2 aromatic heterocycles. The van der Waals surface area contributed by atoms with Crippen molar-refractivity contribution >= 4 is 57.3 Å². The van der Waals surface area contributed by atoms with Crippen LogP contribution in [-0.4, -0.2) is 81.5 Å². The summed E-state index contributed by atoms with van der Waals surface area (Å²) in [6.07, 6.45) is 7.68. The predicted molar refractivity (Wildman–Crippen MR) is 181 cm³/mol. The lowest BCUT2D eigenvalue weighted by Crippen LogP contribution is -2.58. The second-order valence-electron chi connectivity index (χ2n) is 11.3. The fraction of sp³-hybridized carbons (Fsp3) is 0.394. The van der Waals surface area contributed by atoms with Gasteiger partial charge in [0.1, 0.15) is 18.1 Å². The van der Waals surface area contributed by atoms with Crippen LogP contribution in [0, 0.1) is 0 Å². The van der Waals surface area contributed by atoms with E-state index in [2.05, 4.69) is 25.9 Å². The predicted octanol–water partition coefficient (Wildman–Crippen LogP) is 2.18. The Bertz CT molecular complexity index is 1640. The van der Waals surface area contributed by atoms with Crippen LogP contribution in [0.4, 0.5) is 0 Å². The molecule has 0 aliphatic heterocycles. The van der Waals surface area contributed by atoms with Crippen molar-refractivity contribution in [3.63, 3.8) is 0 Å². The van der Waals surface area contributed by atoms with E-state index < -0.39 is 47.9 Å². The first kappa shape index (κ1) is 34.5. The van der Waals surface area contributed by atoms with E-state index >= 15 is 0 Å². The smallest absolute Gasteiger partial charge is 0.326 e. The summed E-state index contributed by atoms with van der Waals surface area (Å²) in [4.78, 5) is 59.1. The molecule has 2 heterocycles. The molecule has 4 atom stereocenters. The lowest BCUT2D eigenvalue weighted by molar-refractivity contribution is -0.142. The first-order chi connectivity index (χ1) is 22.2. The number of fused-ring (bicyclic) bond motifs is 2. The van der Waals surface area contributed by atoms with Crippen LogP contribution >= 0.6 is 11.8 Å². The van der Waals surface area contributed by atoms with Crippen LogP contribution in [0.3, 0.4) is 0 Å². The number of amides is 3. The number of benzene rings is 2. The van der Waals surface area contributed by atoms with Crippen LogP contribution in [0.1, 0.15) is 36.8 Å². The van der Waals surface area contributed by atoms with Crippen molar-refractivity contribution in [1.82, 2.24) is 25.9 Å². The minimum absolute atomic E-state index is 0.0350. The molecular weight excluding hydrogens is 606 g/mol. The Labute approximate surface area is 271 Å². The summed E-state index contributed by atoms with van der Waals surface area (Å²) in [6.45, 7) is 0.498. The van der Waals surface area contributed by atoms with Crippen LogP contribution in [0.15, 0.2) is 60.9 Å². The van der Waals surface area contributed by atoms with Crippen LogP contribution in [-0.2, 0) is 32.0 Å². The number of hydrogen-bond acceptors (Lipinski definition) is 7. The van der Waals surface area contributed by atoms with Gasteiger partial charge >= 0.3 is 5.97 Å². The van der Waals surface area contributed by atoms with E-state index in [1.165, 1.54) is 11.8 Å². The minimum atomic E-state index is -1.26. The van der Waals surface area contributed by atoms with Crippen molar-refractivity contribution in [1.29, 1.82) is 0 Å². The number of aromatic amines is 2. The lowest BCUT2D eigenvalue weighted by atomic mass is 10.0. The normalized spacial score (nSPS) is 14.0. The van der Waals surface area contributed by atoms with Gasteiger partial charge in [-0.15, -0.1) is 0 Å². The van der Waals surface area contributed by atoms with E-state index in [1.807, 2.05) is 54.8 Å². The molecule has 13 heteroatoms. The molecule has 0 radical (unpaired) electrons. The molecule has 0 bridgehead atoms. The van der Waals surface area contributed by atoms with E-state index in [-0.39, 0.29) is 12.8 Å². The molecule has 0 aliphatic rings. The quantitative estimate of drug-likeness (QED) is 0.0748. The number of H-pyrrole nitrogens is 2. The molecule has 4 unspecified atom stereocenters. The summed E-state index contributed by atoms with van der Waals surface area (Å²) in [6, 6.07) is 10.9. The van der Waals surface area contributed by atoms with Gasteiger partial charge in [-0.2, -0.15) is 11.8 Å². The first-order valence-electron chi connectivity index (χ1n) is 15.4.